The van der Waals surface area contributed by atoms with Gasteiger partial charge in [0.05, 0.1) is 9.88 Å². The van der Waals surface area contributed by atoms with Gasteiger partial charge in [0.2, 0.25) is 0 Å². The van der Waals surface area contributed by atoms with E-state index < -0.39 is 0 Å². The first-order chi connectivity index (χ1) is 11.6. The number of anilines is 2. The van der Waals surface area contributed by atoms with Crippen LogP contribution in [-0.4, -0.2) is 29.9 Å². The third-order valence-corrected chi connectivity index (χ3v) is 4.52. The SMILES string of the molecule is CCCCN(CC)C(=O)c1ccc(NC(=O)Nc2ccccc2)s1. The van der Waals surface area contributed by atoms with E-state index in [0.29, 0.717) is 16.4 Å². The largest absolute Gasteiger partial charge is 0.338 e. The average molecular weight is 345 g/mol. The summed E-state index contributed by atoms with van der Waals surface area (Å²) < 4.78 is 0. The molecule has 0 unspecified atom stereocenters. The van der Waals surface area contributed by atoms with Crippen molar-refractivity contribution in [2.24, 2.45) is 0 Å². The van der Waals surface area contributed by atoms with E-state index in [1.165, 1.54) is 11.3 Å². The monoisotopic (exact) mass is 345 g/mol. The number of urea groups is 1. The number of nitrogens with one attached hydrogen (secondary N) is 2. The standard InChI is InChI=1S/C18H23N3O2S/c1-3-5-13-21(4-2)17(22)15-11-12-16(24-15)20-18(23)19-14-9-7-6-8-10-14/h6-12H,3-5,13H2,1-2H3,(H2,19,20,23). The highest BCUT2D eigenvalue weighted by Gasteiger charge is 2.16. The zero-order chi connectivity index (χ0) is 17.4. The van der Waals surface area contributed by atoms with Crippen molar-refractivity contribution in [1.29, 1.82) is 0 Å². The summed E-state index contributed by atoms with van der Waals surface area (Å²) in [6.07, 6.45) is 2.05. The number of para-hydroxylation sites is 1. The van der Waals surface area contributed by atoms with Gasteiger partial charge in [0, 0.05) is 18.8 Å². The first kappa shape index (κ1) is 18.0. The molecule has 0 aliphatic rings. The fraction of sp³-hybridized carbons (Fsp3) is 0.333. The zero-order valence-electron chi connectivity index (χ0n) is 14.0. The molecule has 2 aromatic rings. The molecule has 0 bridgehead atoms. The molecule has 2 rings (SSSR count). The third kappa shape index (κ3) is 5.09. The van der Waals surface area contributed by atoms with Gasteiger partial charge in [-0.25, -0.2) is 4.79 Å². The molecule has 0 aliphatic carbocycles. The Balaban J connectivity index is 1.94. The number of unbranched alkanes of at least 4 members (excludes halogenated alkanes) is 1. The summed E-state index contributed by atoms with van der Waals surface area (Å²) in [6.45, 7) is 5.54. The van der Waals surface area contributed by atoms with Crippen molar-refractivity contribution in [2.45, 2.75) is 26.7 Å². The number of amides is 3. The fourth-order valence-corrected chi connectivity index (χ4v) is 3.09. The maximum Gasteiger partial charge on any atom is 0.324 e. The van der Waals surface area contributed by atoms with Gasteiger partial charge in [-0.3, -0.25) is 10.1 Å². The van der Waals surface area contributed by atoms with Crippen molar-refractivity contribution in [3.05, 3.63) is 47.3 Å². The summed E-state index contributed by atoms with van der Waals surface area (Å²) in [5.41, 5.74) is 0.722. The lowest BCUT2D eigenvalue weighted by molar-refractivity contribution is 0.0767. The molecule has 5 nitrogen and oxygen atoms in total. The highest BCUT2D eigenvalue weighted by Crippen LogP contribution is 2.23. The number of hydrogen-bond acceptors (Lipinski definition) is 3. The number of hydrogen-bond donors (Lipinski definition) is 2. The molecule has 0 spiro atoms. The lowest BCUT2D eigenvalue weighted by atomic mass is 10.3. The fourth-order valence-electron chi connectivity index (χ4n) is 2.22. The highest BCUT2D eigenvalue weighted by atomic mass is 32.1. The lowest BCUT2D eigenvalue weighted by Gasteiger charge is -2.19. The first-order valence-corrected chi connectivity index (χ1v) is 8.97. The van der Waals surface area contributed by atoms with E-state index >= 15 is 0 Å². The van der Waals surface area contributed by atoms with Crippen molar-refractivity contribution in [3.63, 3.8) is 0 Å². The maximum absolute atomic E-state index is 12.5. The van der Waals surface area contributed by atoms with Crippen LogP contribution >= 0.6 is 11.3 Å². The van der Waals surface area contributed by atoms with E-state index in [4.69, 9.17) is 0 Å². The molecule has 1 aromatic carbocycles. The third-order valence-electron chi connectivity index (χ3n) is 3.54. The molecule has 1 aromatic heterocycles. The van der Waals surface area contributed by atoms with Crippen molar-refractivity contribution in [2.75, 3.05) is 23.7 Å². The van der Waals surface area contributed by atoms with Gasteiger partial charge in [-0.1, -0.05) is 31.5 Å². The van der Waals surface area contributed by atoms with Crippen LogP contribution in [0.15, 0.2) is 42.5 Å². The first-order valence-electron chi connectivity index (χ1n) is 8.16. The van der Waals surface area contributed by atoms with Crippen molar-refractivity contribution in [3.8, 4) is 0 Å². The Kier molecular flexibility index (Phi) is 6.81. The number of thiophene rings is 1. The molecule has 24 heavy (non-hydrogen) atoms. The van der Waals surface area contributed by atoms with Gasteiger partial charge in [0.15, 0.2) is 0 Å². The summed E-state index contributed by atoms with van der Waals surface area (Å²) in [6, 6.07) is 12.4. The van der Waals surface area contributed by atoms with Gasteiger partial charge >= 0.3 is 6.03 Å². The molecule has 1 heterocycles. The van der Waals surface area contributed by atoms with Crippen LogP contribution < -0.4 is 10.6 Å². The molecule has 0 saturated heterocycles. The molecular weight excluding hydrogens is 322 g/mol. The van der Waals surface area contributed by atoms with Crippen LogP contribution in [0.4, 0.5) is 15.5 Å². The van der Waals surface area contributed by atoms with Crippen LogP contribution in [0.2, 0.25) is 0 Å². The minimum Gasteiger partial charge on any atom is -0.338 e. The Morgan fingerprint density at radius 1 is 1.04 bits per heavy atom. The smallest absolute Gasteiger partial charge is 0.324 e. The molecule has 0 aliphatic heterocycles. The van der Waals surface area contributed by atoms with Crippen LogP contribution in [0.3, 0.4) is 0 Å². The van der Waals surface area contributed by atoms with Crippen LogP contribution in [-0.2, 0) is 0 Å². The van der Waals surface area contributed by atoms with E-state index in [1.54, 1.807) is 12.1 Å². The van der Waals surface area contributed by atoms with Gasteiger partial charge in [0.1, 0.15) is 0 Å². The Bertz CT molecular complexity index is 670. The Morgan fingerprint density at radius 2 is 1.79 bits per heavy atom. The normalized spacial score (nSPS) is 10.2. The Labute approximate surface area is 146 Å². The molecule has 0 atom stereocenters. The maximum atomic E-state index is 12.5. The second-order valence-corrected chi connectivity index (χ2v) is 6.43. The lowest BCUT2D eigenvalue weighted by Crippen LogP contribution is -2.31. The quantitative estimate of drug-likeness (QED) is 0.767. The summed E-state index contributed by atoms with van der Waals surface area (Å²) in [7, 11) is 0. The van der Waals surface area contributed by atoms with Crippen molar-refractivity contribution >= 4 is 34.0 Å². The van der Waals surface area contributed by atoms with Crippen LogP contribution in [0, 0.1) is 0 Å². The summed E-state index contributed by atoms with van der Waals surface area (Å²) in [4.78, 5) is 26.9. The van der Waals surface area contributed by atoms with Gasteiger partial charge in [-0.2, -0.15) is 0 Å². The predicted octanol–water partition coefficient (Wildman–Crippen LogP) is 4.65. The number of nitrogens with zero attached hydrogens (tertiary/aromatic N) is 1. The van der Waals surface area contributed by atoms with Crippen LogP contribution in [0.25, 0.3) is 0 Å². The summed E-state index contributed by atoms with van der Waals surface area (Å²) in [5.74, 6) is 0.0208. The molecular formula is C18H23N3O2S. The number of benzene rings is 1. The Hall–Kier alpha value is -2.34. The number of carbonyl (C=O) groups is 2. The predicted molar refractivity (Wildman–Crippen MR) is 99.9 cm³/mol. The minimum absolute atomic E-state index is 0.0208. The number of carbonyl (C=O) groups excluding carboxylic acids is 2. The highest BCUT2D eigenvalue weighted by molar-refractivity contribution is 7.18. The molecule has 3 amide bonds. The topological polar surface area (TPSA) is 61.4 Å². The van der Waals surface area contributed by atoms with E-state index in [1.807, 2.05) is 42.2 Å². The summed E-state index contributed by atoms with van der Waals surface area (Å²) in [5, 5.41) is 6.17. The van der Waals surface area contributed by atoms with Gasteiger partial charge in [0.25, 0.3) is 5.91 Å². The van der Waals surface area contributed by atoms with E-state index in [-0.39, 0.29) is 11.9 Å². The molecule has 128 valence electrons. The summed E-state index contributed by atoms with van der Waals surface area (Å²) >= 11 is 1.29. The van der Waals surface area contributed by atoms with Crippen molar-refractivity contribution < 1.29 is 9.59 Å². The second-order valence-electron chi connectivity index (χ2n) is 5.35. The molecule has 0 fully saturated rings. The minimum atomic E-state index is -0.319. The van der Waals surface area contributed by atoms with Gasteiger partial charge in [-0.05, 0) is 37.6 Å². The van der Waals surface area contributed by atoms with Crippen LogP contribution in [0.5, 0.6) is 0 Å². The second kappa shape index (κ2) is 9.08. The molecule has 0 saturated carbocycles. The molecule has 6 heteroatoms. The van der Waals surface area contributed by atoms with Gasteiger partial charge < -0.3 is 10.2 Å². The van der Waals surface area contributed by atoms with Crippen LogP contribution in [0.1, 0.15) is 36.4 Å². The zero-order valence-corrected chi connectivity index (χ0v) is 14.9. The average Bonchev–Trinajstić information content (AvgIpc) is 3.04. The van der Waals surface area contributed by atoms with E-state index in [0.717, 1.165) is 25.1 Å². The van der Waals surface area contributed by atoms with Crippen molar-refractivity contribution in [1.82, 2.24) is 4.90 Å². The number of rotatable bonds is 7. The Morgan fingerprint density at radius 3 is 2.46 bits per heavy atom. The molecule has 2 N–H and O–H groups in total. The van der Waals surface area contributed by atoms with E-state index in [2.05, 4.69) is 17.6 Å². The van der Waals surface area contributed by atoms with Gasteiger partial charge in [-0.15, -0.1) is 11.3 Å². The van der Waals surface area contributed by atoms with E-state index in [9.17, 15) is 9.59 Å². The molecule has 0 radical (unpaired) electrons.